The van der Waals surface area contributed by atoms with Crippen LogP contribution in [0.25, 0.3) is 11.0 Å². The lowest BCUT2D eigenvalue weighted by atomic mass is 10.1. The zero-order valence-electron chi connectivity index (χ0n) is 17.9. The maximum atomic E-state index is 15.3. The number of nitrogens with zero attached hydrogens (tertiary/aromatic N) is 7. The lowest BCUT2D eigenvalue weighted by Crippen LogP contribution is -2.42. The van der Waals surface area contributed by atoms with E-state index in [-0.39, 0.29) is 50.1 Å². The highest BCUT2D eigenvalue weighted by Gasteiger charge is 2.25. The highest BCUT2D eigenvalue weighted by Crippen LogP contribution is 2.27. The lowest BCUT2D eigenvalue weighted by Gasteiger charge is -2.27. The fourth-order valence-corrected chi connectivity index (χ4v) is 3.70. The Bertz CT molecular complexity index is 1360. The average molecular weight is 470 g/mol. The number of nitrogens with one attached hydrogen (secondary N) is 1. The summed E-state index contributed by atoms with van der Waals surface area (Å²) in [5, 5.41) is 21.0. The summed E-state index contributed by atoms with van der Waals surface area (Å²) in [6.07, 6.45) is 6.35. The number of carbonyl (C=O) groups is 1. The molecule has 0 unspecified atom stereocenters. The van der Waals surface area contributed by atoms with Crippen molar-refractivity contribution >= 4 is 34.3 Å². The summed E-state index contributed by atoms with van der Waals surface area (Å²) in [5.41, 5.74) is 0.928. The van der Waals surface area contributed by atoms with E-state index in [1.165, 1.54) is 15.8 Å². The molecule has 2 N–H and O–H groups in total. The van der Waals surface area contributed by atoms with Gasteiger partial charge in [-0.1, -0.05) is 0 Å². The van der Waals surface area contributed by atoms with Crippen molar-refractivity contribution in [2.45, 2.75) is 13.1 Å². The van der Waals surface area contributed by atoms with E-state index in [0.29, 0.717) is 23.3 Å². The van der Waals surface area contributed by atoms with Gasteiger partial charge in [-0.05, 0) is 6.07 Å². The summed E-state index contributed by atoms with van der Waals surface area (Å²) in [4.78, 5) is 22.0. The molecule has 4 heterocycles. The molecule has 0 aliphatic carbocycles. The monoisotopic (exact) mass is 470 g/mol. The molecule has 13 heteroatoms. The van der Waals surface area contributed by atoms with Gasteiger partial charge in [-0.15, -0.1) is 0 Å². The van der Waals surface area contributed by atoms with Crippen molar-refractivity contribution in [1.29, 1.82) is 0 Å². The summed E-state index contributed by atoms with van der Waals surface area (Å²) in [7, 11) is 0. The SMILES string of the molecule is O=C1COCCN1c1cc(F)cc(Cn2ncc3cnc(Nc4cnn(CCO)c4)nc32)c1F. The number of morpholine rings is 1. The van der Waals surface area contributed by atoms with Crippen molar-refractivity contribution in [3.63, 3.8) is 0 Å². The standard InChI is InChI=1S/C21H20F2N8O3/c22-15-5-13(19(23)17(6-15)30-2-4-34-12-18(30)33)10-31-20-14(8-26-31)7-24-21(28-20)27-16-9-25-29(11-16)1-3-32/h5-9,11,32H,1-4,10,12H2,(H,24,27,28). The molecule has 0 bridgehead atoms. The molecule has 0 atom stereocenters. The Kier molecular flexibility index (Phi) is 5.86. The van der Waals surface area contributed by atoms with Gasteiger partial charge in [0.1, 0.15) is 12.4 Å². The lowest BCUT2D eigenvalue weighted by molar-refractivity contribution is -0.125. The van der Waals surface area contributed by atoms with E-state index in [9.17, 15) is 9.18 Å². The van der Waals surface area contributed by atoms with E-state index in [4.69, 9.17) is 9.84 Å². The molecule has 5 rings (SSSR count). The number of ether oxygens (including phenoxy) is 1. The minimum atomic E-state index is -0.705. The number of halogens is 2. The number of amides is 1. The van der Waals surface area contributed by atoms with E-state index in [1.54, 1.807) is 23.3 Å². The fourth-order valence-electron chi connectivity index (χ4n) is 3.70. The maximum Gasteiger partial charge on any atom is 0.253 e. The van der Waals surface area contributed by atoms with Crippen molar-refractivity contribution in [3.8, 4) is 0 Å². The first-order valence-electron chi connectivity index (χ1n) is 10.5. The zero-order chi connectivity index (χ0) is 23.7. The van der Waals surface area contributed by atoms with Crippen molar-refractivity contribution in [1.82, 2.24) is 29.5 Å². The molecule has 1 saturated heterocycles. The van der Waals surface area contributed by atoms with Crippen LogP contribution in [0.15, 0.2) is 36.9 Å². The van der Waals surface area contributed by atoms with Gasteiger partial charge in [-0.25, -0.2) is 18.4 Å². The summed E-state index contributed by atoms with van der Waals surface area (Å²) in [5.74, 6) is -1.54. The molecule has 1 aliphatic heterocycles. The molecule has 0 radical (unpaired) electrons. The first kappa shape index (κ1) is 21.9. The number of hydrogen-bond donors (Lipinski definition) is 2. The largest absolute Gasteiger partial charge is 0.394 e. The van der Waals surface area contributed by atoms with Gasteiger partial charge in [0.15, 0.2) is 11.5 Å². The van der Waals surface area contributed by atoms with Crippen LogP contribution in [-0.4, -0.2) is 66.9 Å². The van der Waals surface area contributed by atoms with Crippen LogP contribution in [0.5, 0.6) is 0 Å². The van der Waals surface area contributed by atoms with Crippen LogP contribution in [0, 0.1) is 11.6 Å². The maximum absolute atomic E-state index is 15.3. The van der Waals surface area contributed by atoms with Gasteiger partial charge in [-0.3, -0.25) is 9.48 Å². The fraction of sp³-hybridized carbons (Fsp3) is 0.286. The number of hydrogen-bond acceptors (Lipinski definition) is 8. The number of fused-ring (bicyclic) bond motifs is 1. The van der Waals surface area contributed by atoms with Crippen LogP contribution in [0.4, 0.5) is 26.1 Å². The third-order valence-corrected chi connectivity index (χ3v) is 5.29. The number of anilines is 3. The third-order valence-electron chi connectivity index (χ3n) is 5.29. The van der Waals surface area contributed by atoms with Crippen molar-refractivity contribution in [2.24, 2.45) is 0 Å². The van der Waals surface area contributed by atoms with Crippen molar-refractivity contribution < 1.29 is 23.4 Å². The number of carbonyl (C=O) groups excluding carboxylic acids is 1. The number of aliphatic hydroxyl groups excluding tert-OH is 1. The van der Waals surface area contributed by atoms with Gasteiger partial charge in [0.05, 0.1) is 55.5 Å². The Hall–Kier alpha value is -3.97. The van der Waals surface area contributed by atoms with E-state index in [2.05, 4.69) is 25.5 Å². The van der Waals surface area contributed by atoms with E-state index < -0.39 is 17.5 Å². The predicted molar refractivity (Wildman–Crippen MR) is 117 cm³/mol. The quantitative estimate of drug-likeness (QED) is 0.416. The van der Waals surface area contributed by atoms with Crippen LogP contribution in [0.2, 0.25) is 0 Å². The van der Waals surface area contributed by atoms with Gasteiger partial charge in [0.25, 0.3) is 5.91 Å². The normalized spacial score (nSPS) is 14.2. The van der Waals surface area contributed by atoms with Crippen LogP contribution in [0.3, 0.4) is 0 Å². The molecule has 176 valence electrons. The van der Waals surface area contributed by atoms with Gasteiger partial charge in [0, 0.05) is 30.6 Å². The Morgan fingerprint density at radius 3 is 2.88 bits per heavy atom. The first-order valence-corrected chi connectivity index (χ1v) is 10.5. The second-order valence-electron chi connectivity index (χ2n) is 7.61. The molecule has 1 amide bonds. The molecule has 1 fully saturated rings. The third kappa shape index (κ3) is 4.30. The Morgan fingerprint density at radius 1 is 1.18 bits per heavy atom. The molecule has 0 saturated carbocycles. The van der Waals surface area contributed by atoms with Gasteiger partial charge >= 0.3 is 0 Å². The molecule has 34 heavy (non-hydrogen) atoms. The van der Waals surface area contributed by atoms with Crippen LogP contribution in [0.1, 0.15) is 5.56 Å². The minimum Gasteiger partial charge on any atom is -0.394 e. The number of aliphatic hydroxyl groups is 1. The van der Waals surface area contributed by atoms with Crippen LogP contribution in [-0.2, 0) is 22.6 Å². The van der Waals surface area contributed by atoms with E-state index in [0.717, 1.165) is 12.1 Å². The average Bonchev–Trinajstić information content (AvgIpc) is 3.43. The number of rotatable bonds is 7. The molecule has 1 aromatic carbocycles. The highest BCUT2D eigenvalue weighted by molar-refractivity contribution is 5.95. The Labute approximate surface area is 191 Å². The van der Waals surface area contributed by atoms with Crippen molar-refractivity contribution in [3.05, 3.63) is 54.1 Å². The van der Waals surface area contributed by atoms with Crippen LogP contribution < -0.4 is 10.2 Å². The van der Waals surface area contributed by atoms with Gasteiger partial charge < -0.3 is 20.1 Å². The Morgan fingerprint density at radius 2 is 2.06 bits per heavy atom. The smallest absolute Gasteiger partial charge is 0.253 e. The van der Waals surface area contributed by atoms with Crippen molar-refractivity contribution in [2.75, 3.05) is 36.6 Å². The summed E-state index contributed by atoms with van der Waals surface area (Å²) in [6, 6.07) is 2.08. The molecule has 1 aliphatic rings. The number of benzene rings is 1. The molecule has 0 spiro atoms. The van der Waals surface area contributed by atoms with Gasteiger partial charge in [0.2, 0.25) is 5.95 Å². The summed E-state index contributed by atoms with van der Waals surface area (Å²) < 4.78 is 37.8. The number of aromatic nitrogens is 6. The summed E-state index contributed by atoms with van der Waals surface area (Å²) in [6.45, 7) is 0.406. The topological polar surface area (TPSA) is 123 Å². The molecular weight excluding hydrogens is 450 g/mol. The Balaban J connectivity index is 1.43. The van der Waals surface area contributed by atoms with E-state index in [1.807, 2.05) is 0 Å². The zero-order valence-corrected chi connectivity index (χ0v) is 17.9. The summed E-state index contributed by atoms with van der Waals surface area (Å²) >= 11 is 0. The first-order chi connectivity index (χ1) is 16.5. The molecule has 4 aromatic rings. The van der Waals surface area contributed by atoms with Gasteiger partial charge in [-0.2, -0.15) is 15.2 Å². The molecular formula is C21H20F2N8O3. The second kappa shape index (κ2) is 9.11. The minimum absolute atomic E-state index is 0.0256. The molecule has 11 nitrogen and oxygen atoms in total. The van der Waals surface area contributed by atoms with E-state index >= 15 is 4.39 Å². The molecule has 3 aromatic heterocycles. The predicted octanol–water partition coefficient (Wildman–Crippen LogP) is 1.45. The highest BCUT2D eigenvalue weighted by atomic mass is 19.1. The second-order valence-corrected chi connectivity index (χ2v) is 7.61. The van der Waals surface area contributed by atoms with Crippen LogP contribution >= 0.6 is 0 Å².